The van der Waals surface area contributed by atoms with Crippen molar-refractivity contribution in [2.45, 2.75) is 38.2 Å². The first kappa shape index (κ1) is 13.3. The van der Waals surface area contributed by atoms with Gasteiger partial charge in [0.05, 0.1) is 6.54 Å². The minimum atomic E-state index is -2.77. The number of halogens is 2. The zero-order valence-electron chi connectivity index (χ0n) is 11.2. The van der Waals surface area contributed by atoms with Crippen LogP contribution in [-0.2, 0) is 5.41 Å². The molecule has 6 heteroatoms. The molecule has 2 heterocycles. The molecule has 1 aliphatic rings. The van der Waals surface area contributed by atoms with Crippen LogP contribution in [0.5, 0.6) is 0 Å². The average Bonchev–Trinajstić information content (AvgIpc) is 2.65. The number of nitrogens with zero attached hydrogens (tertiary/aromatic N) is 3. The molecule has 1 atom stereocenters. The van der Waals surface area contributed by atoms with E-state index < -0.39 is 12.0 Å². The van der Waals surface area contributed by atoms with Crippen LogP contribution in [0, 0.1) is 0 Å². The molecule has 1 aromatic rings. The van der Waals surface area contributed by atoms with E-state index in [0.717, 1.165) is 5.69 Å². The standard InChI is InChI=1S/C12H20F2N4/c1-11(2,3)8-5-10(15)16-18(8)9-6-17(4)7-12(9,13)14/h5,9H,6-7H2,1-4H3,(H2,15,16). The summed E-state index contributed by atoms with van der Waals surface area (Å²) < 4.78 is 29.4. The predicted octanol–water partition coefficient (Wildman–Crippen LogP) is 1.88. The van der Waals surface area contributed by atoms with E-state index >= 15 is 0 Å². The number of likely N-dealkylation sites (tertiary alicyclic amines) is 1. The lowest BCUT2D eigenvalue weighted by Crippen LogP contribution is -2.33. The summed E-state index contributed by atoms with van der Waals surface area (Å²) in [5, 5.41) is 4.08. The number of hydrogen-bond donors (Lipinski definition) is 1. The topological polar surface area (TPSA) is 47.1 Å². The van der Waals surface area contributed by atoms with Crippen molar-refractivity contribution in [3.63, 3.8) is 0 Å². The number of anilines is 1. The smallest absolute Gasteiger partial charge is 0.283 e. The molecule has 0 radical (unpaired) electrons. The maximum absolute atomic E-state index is 14.0. The van der Waals surface area contributed by atoms with E-state index in [4.69, 9.17) is 5.73 Å². The molecular formula is C12H20F2N4. The number of alkyl halides is 2. The van der Waals surface area contributed by atoms with Gasteiger partial charge in [-0.2, -0.15) is 5.10 Å². The maximum Gasteiger partial charge on any atom is 0.283 e. The predicted molar refractivity (Wildman–Crippen MR) is 66.8 cm³/mol. The summed E-state index contributed by atoms with van der Waals surface area (Å²) in [5.41, 5.74) is 6.16. The monoisotopic (exact) mass is 258 g/mol. The number of likely N-dealkylation sites (N-methyl/N-ethyl adjacent to an activating group) is 1. The van der Waals surface area contributed by atoms with Crippen molar-refractivity contribution in [1.82, 2.24) is 14.7 Å². The Morgan fingerprint density at radius 3 is 2.50 bits per heavy atom. The Morgan fingerprint density at radius 2 is 2.06 bits per heavy atom. The van der Waals surface area contributed by atoms with Crippen LogP contribution in [0.25, 0.3) is 0 Å². The zero-order valence-corrected chi connectivity index (χ0v) is 11.2. The van der Waals surface area contributed by atoms with Gasteiger partial charge in [-0.05, 0) is 7.05 Å². The summed E-state index contributed by atoms with van der Waals surface area (Å²) in [6.07, 6.45) is 0. The summed E-state index contributed by atoms with van der Waals surface area (Å²) in [7, 11) is 1.69. The van der Waals surface area contributed by atoms with Gasteiger partial charge in [-0.3, -0.25) is 9.58 Å². The minimum absolute atomic E-state index is 0.235. The SMILES string of the molecule is CN1CC(n2nc(N)cc2C(C)(C)C)C(F)(F)C1. The van der Waals surface area contributed by atoms with Crippen LogP contribution in [0.3, 0.4) is 0 Å². The van der Waals surface area contributed by atoms with Crippen molar-refractivity contribution in [2.24, 2.45) is 0 Å². The molecule has 0 aromatic carbocycles. The molecular weight excluding hydrogens is 238 g/mol. The van der Waals surface area contributed by atoms with Gasteiger partial charge in [0.25, 0.3) is 5.92 Å². The van der Waals surface area contributed by atoms with E-state index in [1.165, 1.54) is 4.68 Å². The number of nitrogen functional groups attached to an aromatic ring is 1. The van der Waals surface area contributed by atoms with Gasteiger partial charge in [-0.25, -0.2) is 8.78 Å². The molecule has 0 amide bonds. The third-order valence-electron chi connectivity index (χ3n) is 3.27. The maximum atomic E-state index is 14.0. The summed E-state index contributed by atoms with van der Waals surface area (Å²) in [5.74, 6) is -2.47. The lowest BCUT2D eigenvalue weighted by molar-refractivity contribution is -0.0253. The second-order valence-electron chi connectivity index (χ2n) is 6.12. The van der Waals surface area contributed by atoms with Gasteiger partial charge >= 0.3 is 0 Å². The zero-order chi connectivity index (χ0) is 13.7. The molecule has 0 spiro atoms. The van der Waals surface area contributed by atoms with Crippen molar-refractivity contribution in [1.29, 1.82) is 0 Å². The van der Waals surface area contributed by atoms with Crippen molar-refractivity contribution in [2.75, 3.05) is 25.9 Å². The highest BCUT2D eigenvalue weighted by Gasteiger charge is 2.49. The second kappa shape index (κ2) is 3.91. The molecule has 18 heavy (non-hydrogen) atoms. The van der Waals surface area contributed by atoms with Gasteiger partial charge in [0.15, 0.2) is 0 Å². The molecule has 1 aliphatic heterocycles. The summed E-state index contributed by atoms with van der Waals surface area (Å²) >= 11 is 0. The molecule has 4 nitrogen and oxygen atoms in total. The van der Waals surface area contributed by atoms with Gasteiger partial charge in [0.2, 0.25) is 0 Å². The number of aromatic nitrogens is 2. The van der Waals surface area contributed by atoms with Crippen LogP contribution < -0.4 is 5.73 Å². The normalized spacial score (nSPS) is 24.7. The molecule has 102 valence electrons. The Hall–Kier alpha value is -1.17. The van der Waals surface area contributed by atoms with Crippen LogP contribution >= 0.6 is 0 Å². The van der Waals surface area contributed by atoms with Gasteiger partial charge in [-0.15, -0.1) is 0 Å². The summed E-state index contributed by atoms with van der Waals surface area (Å²) in [6.45, 7) is 5.96. The largest absolute Gasteiger partial charge is 0.382 e. The molecule has 1 aromatic heterocycles. The quantitative estimate of drug-likeness (QED) is 0.836. The first-order valence-corrected chi connectivity index (χ1v) is 6.03. The van der Waals surface area contributed by atoms with Gasteiger partial charge in [-0.1, -0.05) is 20.8 Å². The fourth-order valence-corrected chi connectivity index (χ4v) is 2.43. The van der Waals surface area contributed by atoms with Gasteiger partial charge in [0.1, 0.15) is 11.9 Å². The molecule has 2 N–H and O–H groups in total. The molecule has 2 rings (SSSR count). The van der Waals surface area contributed by atoms with Crippen molar-refractivity contribution in [3.8, 4) is 0 Å². The number of rotatable bonds is 1. The molecule has 1 saturated heterocycles. The van der Waals surface area contributed by atoms with Crippen LogP contribution in [0.1, 0.15) is 32.5 Å². The van der Waals surface area contributed by atoms with E-state index in [9.17, 15) is 8.78 Å². The fraction of sp³-hybridized carbons (Fsp3) is 0.750. The van der Waals surface area contributed by atoms with E-state index in [2.05, 4.69) is 5.10 Å². The van der Waals surface area contributed by atoms with Crippen molar-refractivity contribution >= 4 is 5.82 Å². The Balaban J connectivity index is 2.46. The third-order valence-corrected chi connectivity index (χ3v) is 3.27. The van der Waals surface area contributed by atoms with Crippen molar-refractivity contribution in [3.05, 3.63) is 11.8 Å². The highest BCUT2D eigenvalue weighted by atomic mass is 19.3. The lowest BCUT2D eigenvalue weighted by Gasteiger charge is -2.26. The first-order chi connectivity index (χ1) is 8.11. The van der Waals surface area contributed by atoms with Crippen LogP contribution in [0.4, 0.5) is 14.6 Å². The first-order valence-electron chi connectivity index (χ1n) is 6.03. The van der Waals surface area contributed by atoms with Crippen molar-refractivity contribution < 1.29 is 8.78 Å². The second-order valence-corrected chi connectivity index (χ2v) is 6.12. The molecule has 1 unspecified atom stereocenters. The van der Waals surface area contributed by atoms with Gasteiger partial charge in [0, 0.05) is 23.7 Å². The van der Waals surface area contributed by atoms with E-state index in [1.807, 2.05) is 20.8 Å². The van der Waals surface area contributed by atoms with Crippen LogP contribution in [-0.4, -0.2) is 40.7 Å². The van der Waals surface area contributed by atoms with E-state index in [-0.39, 0.29) is 18.5 Å². The Bertz CT molecular complexity index is 447. The Morgan fingerprint density at radius 1 is 1.44 bits per heavy atom. The summed E-state index contributed by atoms with van der Waals surface area (Å²) in [4.78, 5) is 1.62. The minimum Gasteiger partial charge on any atom is -0.382 e. The summed E-state index contributed by atoms with van der Waals surface area (Å²) in [6, 6.07) is 0.753. The van der Waals surface area contributed by atoms with E-state index in [0.29, 0.717) is 5.82 Å². The Labute approximate surface area is 106 Å². The highest BCUT2D eigenvalue weighted by molar-refractivity contribution is 5.33. The molecule has 0 aliphatic carbocycles. The highest BCUT2D eigenvalue weighted by Crippen LogP contribution is 2.38. The number of hydrogen-bond acceptors (Lipinski definition) is 3. The average molecular weight is 258 g/mol. The van der Waals surface area contributed by atoms with E-state index in [1.54, 1.807) is 18.0 Å². The van der Waals surface area contributed by atoms with Gasteiger partial charge < -0.3 is 5.73 Å². The van der Waals surface area contributed by atoms with Crippen LogP contribution in [0.2, 0.25) is 0 Å². The fourth-order valence-electron chi connectivity index (χ4n) is 2.43. The third kappa shape index (κ3) is 2.21. The molecule has 1 fully saturated rings. The molecule has 0 bridgehead atoms. The van der Waals surface area contributed by atoms with Crippen LogP contribution in [0.15, 0.2) is 6.07 Å². The Kier molecular flexibility index (Phi) is 2.88. The molecule has 0 saturated carbocycles. The lowest BCUT2D eigenvalue weighted by atomic mass is 9.91. The number of nitrogens with two attached hydrogens (primary N) is 1.